The molecule has 1 aliphatic rings. The van der Waals surface area contributed by atoms with Crippen LogP contribution in [0.2, 0.25) is 0 Å². The van der Waals surface area contributed by atoms with E-state index in [-0.39, 0.29) is 0 Å². The summed E-state index contributed by atoms with van der Waals surface area (Å²) in [6, 6.07) is 0. The Balaban J connectivity index is 2.72. The third kappa shape index (κ3) is 2.07. The Kier molecular flexibility index (Phi) is 3.39. The van der Waals surface area contributed by atoms with Gasteiger partial charge in [-0.2, -0.15) is 0 Å². The zero-order valence-electron chi connectivity index (χ0n) is 9.64. The van der Waals surface area contributed by atoms with Gasteiger partial charge in [0.05, 0.1) is 0 Å². The second-order valence-corrected chi connectivity index (χ2v) is 5.46. The molecule has 0 heterocycles. The van der Waals surface area contributed by atoms with Crippen LogP contribution in [0.25, 0.3) is 0 Å². The van der Waals surface area contributed by atoms with Crippen LogP contribution >= 0.6 is 0 Å². The maximum atomic E-state index is 5.69. The Labute approximate surface area is 83.1 Å². The van der Waals surface area contributed by atoms with Crippen molar-refractivity contribution in [1.29, 1.82) is 0 Å². The molecule has 0 aliphatic heterocycles. The Hall–Kier alpha value is -0.0400. The first kappa shape index (κ1) is 11.0. The summed E-state index contributed by atoms with van der Waals surface area (Å²) in [4.78, 5) is 0. The van der Waals surface area contributed by atoms with E-state index in [9.17, 15) is 0 Å². The molecule has 2 N–H and O–H groups in total. The quantitative estimate of drug-likeness (QED) is 0.699. The summed E-state index contributed by atoms with van der Waals surface area (Å²) in [7, 11) is 0. The van der Waals surface area contributed by atoms with Crippen LogP contribution in [0.3, 0.4) is 0 Å². The first-order valence-electron chi connectivity index (χ1n) is 5.70. The summed E-state index contributed by atoms with van der Waals surface area (Å²) in [5.74, 6) is 2.57. The molecule has 13 heavy (non-hydrogen) atoms. The van der Waals surface area contributed by atoms with Crippen molar-refractivity contribution in [3.05, 3.63) is 0 Å². The van der Waals surface area contributed by atoms with Crippen LogP contribution in [0, 0.1) is 23.2 Å². The summed E-state index contributed by atoms with van der Waals surface area (Å²) < 4.78 is 0. The van der Waals surface area contributed by atoms with E-state index in [1.165, 1.54) is 19.3 Å². The van der Waals surface area contributed by atoms with Gasteiger partial charge in [0.25, 0.3) is 0 Å². The lowest BCUT2D eigenvalue weighted by Crippen LogP contribution is -2.40. The predicted octanol–water partition coefficient (Wildman–Crippen LogP) is 3.04. The smallest absolute Gasteiger partial charge is 0.00743 e. The molecule has 78 valence electrons. The highest BCUT2D eigenvalue weighted by Crippen LogP contribution is 2.48. The number of rotatable bonds is 2. The molecule has 0 aromatic heterocycles. The van der Waals surface area contributed by atoms with Crippen LogP contribution < -0.4 is 5.73 Å². The Morgan fingerprint density at radius 3 is 2.38 bits per heavy atom. The minimum atomic E-state index is 0.497. The van der Waals surface area contributed by atoms with E-state index in [1.54, 1.807) is 0 Å². The zero-order valence-corrected chi connectivity index (χ0v) is 9.64. The zero-order chi connectivity index (χ0) is 10.1. The standard InChI is InChI=1S/C12H25N/c1-9-5-6-10(2)12(3,4)11(9)7-8-13/h9-11H,5-8,13H2,1-4H3. The van der Waals surface area contributed by atoms with Crippen LogP contribution in [0.5, 0.6) is 0 Å². The first-order chi connectivity index (χ1) is 6.00. The molecule has 0 spiro atoms. The molecule has 1 heteroatoms. The Morgan fingerprint density at radius 1 is 1.23 bits per heavy atom. The second kappa shape index (κ2) is 4.00. The fraction of sp³-hybridized carbons (Fsp3) is 1.00. The maximum Gasteiger partial charge on any atom is -0.00743 e. The summed E-state index contributed by atoms with van der Waals surface area (Å²) in [5, 5.41) is 0. The second-order valence-electron chi connectivity index (χ2n) is 5.46. The van der Waals surface area contributed by atoms with E-state index in [1.807, 2.05) is 0 Å². The largest absolute Gasteiger partial charge is 0.330 e. The molecule has 1 saturated carbocycles. The fourth-order valence-electron chi connectivity index (χ4n) is 3.02. The highest BCUT2D eigenvalue weighted by Gasteiger charge is 2.40. The number of hydrogen-bond donors (Lipinski definition) is 1. The Morgan fingerprint density at radius 2 is 1.85 bits per heavy atom. The third-order valence-corrected chi connectivity index (χ3v) is 4.45. The van der Waals surface area contributed by atoms with E-state index in [0.29, 0.717) is 5.41 Å². The molecule has 0 radical (unpaired) electrons. The average molecular weight is 183 g/mol. The van der Waals surface area contributed by atoms with Crippen LogP contribution in [-0.4, -0.2) is 6.54 Å². The van der Waals surface area contributed by atoms with Gasteiger partial charge in [0.15, 0.2) is 0 Å². The first-order valence-corrected chi connectivity index (χ1v) is 5.70. The van der Waals surface area contributed by atoms with Crippen molar-refractivity contribution in [1.82, 2.24) is 0 Å². The maximum absolute atomic E-state index is 5.69. The molecular formula is C12H25N. The molecule has 0 bridgehead atoms. The average Bonchev–Trinajstić information content (AvgIpc) is 2.06. The lowest BCUT2D eigenvalue weighted by Gasteiger charge is -2.47. The van der Waals surface area contributed by atoms with Gasteiger partial charge in [-0.05, 0) is 42.6 Å². The molecule has 3 unspecified atom stereocenters. The summed E-state index contributed by atoms with van der Waals surface area (Å²) in [6.45, 7) is 10.5. The monoisotopic (exact) mass is 183 g/mol. The highest BCUT2D eigenvalue weighted by molar-refractivity contribution is 4.90. The fourth-order valence-corrected chi connectivity index (χ4v) is 3.02. The predicted molar refractivity (Wildman–Crippen MR) is 58.5 cm³/mol. The molecule has 0 saturated heterocycles. The number of hydrogen-bond acceptors (Lipinski definition) is 1. The van der Waals surface area contributed by atoms with Crippen molar-refractivity contribution >= 4 is 0 Å². The molecule has 0 aromatic carbocycles. The van der Waals surface area contributed by atoms with Crippen LogP contribution in [0.15, 0.2) is 0 Å². The summed E-state index contributed by atoms with van der Waals surface area (Å²) in [6.07, 6.45) is 4.00. The van der Waals surface area contributed by atoms with Gasteiger partial charge < -0.3 is 5.73 Å². The number of nitrogens with two attached hydrogens (primary N) is 1. The molecule has 1 rings (SSSR count). The topological polar surface area (TPSA) is 26.0 Å². The molecule has 1 fully saturated rings. The van der Waals surface area contributed by atoms with Crippen molar-refractivity contribution in [2.45, 2.75) is 47.0 Å². The van der Waals surface area contributed by atoms with E-state index in [4.69, 9.17) is 5.73 Å². The molecule has 3 atom stereocenters. The SMILES string of the molecule is CC1CCC(C)C(C)(C)C1CCN. The highest BCUT2D eigenvalue weighted by atomic mass is 14.6. The van der Waals surface area contributed by atoms with E-state index in [0.717, 1.165) is 24.3 Å². The van der Waals surface area contributed by atoms with Gasteiger partial charge in [-0.1, -0.05) is 34.1 Å². The van der Waals surface area contributed by atoms with Gasteiger partial charge in [0, 0.05) is 0 Å². The molecule has 1 nitrogen and oxygen atoms in total. The summed E-state index contributed by atoms with van der Waals surface area (Å²) in [5.41, 5.74) is 6.19. The molecule has 0 aromatic rings. The lowest BCUT2D eigenvalue weighted by atomic mass is 9.58. The van der Waals surface area contributed by atoms with Crippen LogP contribution in [0.1, 0.15) is 47.0 Å². The van der Waals surface area contributed by atoms with Gasteiger partial charge in [0.2, 0.25) is 0 Å². The van der Waals surface area contributed by atoms with Crippen molar-refractivity contribution in [3.8, 4) is 0 Å². The molecular weight excluding hydrogens is 158 g/mol. The van der Waals surface area contributed by atoms with Crippen LogP contribution in [0.4, 0.5) is 0 Å². The Bertz CT molecular complexity index is 163. The van der Waals surface area contributed by atoms with Crippen LogP contribution in [-0.2, 0) is 0 Å². The molecule has 1 aliphatic carbocycles. The van der Waals surface area contributed by atoms with Gasteiger partial charge in [-0.3, -0.25) is 0 Å². The molecule has 0 amide bonds. The lowest BCUT2D eigenvalue weighted by molar-refractivity contribution is 0.0241. The summed E-state index contributed by atoms with van der Waals surface area (Å²) >= 11 is 0. The van der Waals surface area contributed by atoms with Crippen molar-refractivity contribution in [2.75, 3.05) is 6.54 Å². The minimum absolute atomic E-state index is 0.497. The normalized spacial score (nSPS) is 39.0. The van der Waals surface area contributed by atoms with Crippen molar-refractivity contribution in [2.24, 2.45) is 28.9 Å². The van der Waals surface area contributed by atoms with Crippen molar-refractivity contribution in [3.63, 3.8) is 0 Å². The van der Waals surface area contributed by atoms with Gasteiger partial charge in [-0.25, -0.2) is 0 Å². The van der Waals surface area contributed by atoms with E-state index >= 15 is 0 Å². The minimum Gasteiger partial charge on any atom is -0.330 e. The van der Waals surface area contributed by atoms with Gasteiger partial charge in [-0.15, -0.1) is 0 Å². The van der Waals surface area contributed by atoms with E-state index < -0.39 is 0 Å². The van der Waals surface area contributed by atoms with Gasteiger partial charge >= 0.3 is 0 Å². The van der Waals surface area contributed by atoms with Gasteiger partial charge in [0.1, 0.15) is 0 Å². The third-order valence-electron chi connectivity index (χ3n) is 4.45. The van der Waals surface area contributed by atoms with Crippen molar-refractivity contribution < 1.29 is 0 Å². The van der Waals surface area contributed by atoms with E-state index in [2.05, 4.69) is 27.7 Å².